The van der Waals surface area contributed by atoms with Gasteiger partial charge in [0.05, 0.1) is 21.7 Å². The second kappa shape index (κ2) is 6.10. The van der Waals surface area contributed by atoms with Gasteiger partial charge < -0.3 is 0 Å². The van der Waals surface area contributed by atoms with Crippen LogP contribution in [0.1, 0.15) is 5.82 Å². The maximum Gasteiger partial charge on any atom is 0.144 e. The molecule has 0 N–H and O–H groups in total. The molecule has 0 bridgehead atoms. The van der Waals surface area contributed by atoms with Crippen molar-refractivity contribution < 1.29 is 4.39 Å². The maximum atomic E-state index is 13.8. The van der Waals surface area contributed by atoms with Crippen molar-refractivity contribution in [2.75, 3.05) is 5.88 Å². The van der Waals surface area contributed by atoms with Crippen LogP contribution in [0.3, 0.4) is 0 Å². The highest BCUT2D eigenvalue weighted by atomic mass is 127. The highest BCUT2D eigenvalue weighted by Gasteiger charge is 2.16. The third-order valence-electron chi connectivity index (χ3n) is 3.18. The Bertz CT molecular complexity index is 817. The molecule has 0 aliphatic heterocycles. The van der Waals surface area contributed by atoms with E-state index in [9.17, 15) is 4.39 Å². The van der Waals surface area contributed by atoms with Gasteiger partial charge in [0.15, 0.2) is 0 Å². The minimum atomic E-state index is -0.450. The molecule has 1 heterocycles. The topological polar surface area (TPSA) is 17.8 Å². The minimum absolute atomic E-state index is 0.0762. The molecule has 0 spiro atoms. The number of alkyl halides is 1. The Kier molecular flexibility index (Phi) is 4.38. The van der Waals surface area contributed by atoms with Gasteiger partial charge in [-0.15, -0.1) is 11.6 Å². The molecule has 0 atom stereocenters. The predicted octanol–water partition coefficient (Wildman–Crippen LogP) is 5.20. The fourth-order valence-electron chi connectivity index (χ4n) is 2.28. The summed E-state index contributed by atoms with van der Waals surface area (Å²) in [5.74, 6) is 0.794. The van der Waals surface area contributed by atoms with Crippen LogP contribution < -0.4 is 0 Å². The van der Waals surface area contributed by atoms with Gasteiger partial charge in [-0.25, -0.2) is 9.37 Å². The van der Waals surface area contributed by atoms with E-state index in [0.717, 1.165) is 15.1 Å². The summed E-state index contributed by atoms with van der Waals surface area (Å²) in [7, 11) is 0. The third-order valence-corrected chi connectivity index (χ3v) is 4.57. The molecule has 0 saturated heterocycles. The molecule has 0 aliphatic carbocycles. The molecule has 0 unspecified atom stereocenters. The standard InChI is InChI=1S/C15H10Cl2FIN2/c16-6-5-15-20-12-7-9(17)10(18)8-14(12)21(15)13-4-2-1-3-11(13)19/h1-4,7-8H,5-6H2. The summed E-state index contributed by atoms with van der Waals surface area (Å²) in [6.07, 6.45) is 0.598. The average Bonchev–Trinajstić information content (AvgIpc) is 2.78. The zero-order chi connectivity index (χ0) is 15.0. The molecule has 2 aromatic carbocycles. The highest BCUT2D eigenvalue weighted by Crippen LogP contribution is 2.28. The molecule has 0 fully saturated rings. The molecule has 6 heteroatoms. The largest absolute Gasteiger partial charge is 0.295 e. The van der Waals surface area contributed by atoms with Gasteiger partial charge in [0.2, 0.25) is 0 Å². The Morgan fingerprint density at radius 2 is 2.00 bits per heavy atom. The Hall–Kier alpha value is -0.850. The number of para-hydroxylation sites is 1. The van der Waals surface area contributed by atoms with Crippen molar-refractivity contribution in [1.82, 2.24) is 9.55 Å². The van der Waals surface area contributed by atoms with Gasteiger partial charge in [-0.3, -0.25) is 4.57 Å². The molecule has 3 aromatic rings. The molecule has 108 valence electrons. The Morgan fingerprint density at radius 1 is 1.24 bits per heavy atom. The molecular formula is C15H10Cl2FIN2. The highest BCUT2D eigenvalue weighted by molar-refractivity contribution is 14.1. The van der Waals surface area contributed by atoms with Crippen LogP contribution in [-0.2, 0) is 6.42 Å². The summed E-state index contributed by atoms with van der Waals surface area (Å²) in [6, 6.07) is 10.9. The quantitative estimate of drug-likeness (QED) is 0.409. The zero-order valence-corrected chi connectivity index (χ0v) is 14.5. The lowest BCUT2D eigenvalue weighted by molar-refractivity contribution is 0.629. The summed E-state index contributed by atoms with van der Waals surface area (Å²) in [5, 5.41) is 0.0762. The van der Waals surface area contributed by atoms with Gasteiger partial charge in [-0.05, 0) is 40.8 Å². The second-order valence-corrected chi connectivity index (χ2v) is 6.46. The van der Waals surface area contributed by atoms with Crippen molar-refractivity contribution >= 4 is 56.8 Å². The van der Waals surface area contributed by atoms with E-state index >= 15 is 0 Å². The van der Waals surface area contributed by atoms with Gasteiger partial charge in [0.25, 0.3) is 0 Å². The van der Waals surface area contributed by atoms with Crippen LogP contribution >= 0.6 is 45.8 Å². The summed E-state index contributed by atoms with van der Waals surface area (Å²) in [4.78, 5) is 4.55. The van der Waals surface area contributed by atoms with Crippen molar-refractivity contribution in [3.05, 3.63) is 56.6 Å². The van der Waals surface area contributed by atoms with E-state index in [1.807, 2.05) is 28.8 Å². The van der Waals surface area contributed by atoms with Gasteiger partial charge in [-0.2, -0.15) is 0 Å². The van der Waals surface area contributed by atoms with E-state index in [2.05, 4.69) is 27.6 Å². The molecular weight excluding hydrogens is 425 g/mol. The first-order valence-electron chi connectivity index (χ1n) is 6.29. The van der Waals surface area contributed by atoms with Crippen LogP contribution in [0.5, 0.6) is 0 Å². The molecule has 21 heavy (non-hydrogen) atoms. The molecule has 0 amide bonds. The van der Waals surface area contributed by atoms with Gasteiger partial charge in [-0.1, -0.05) is 23.7 Å². The first-order valence-corrected chi connectivity index (χ1v) is 8.28. The fraction of sp³-hybridized carbons (Fsp3) is 0.133. The Labute approximate surface area is 145 Å². The Balaban J connectivity index is 2.35. The van der Waals surface area contributed by atoms with Crippen LogP contribution in [0, 0.1) is 9.39 Å². The van der Waals surface area contributed by atoms with Crippen LogP contribution in [0.15, 0.2) is 36.4 Å². The average molecular weight is 435 g/mol. The molecule has 2 nitrogen and oxygen atoms in total. The maximum absolute atomic E-state index is 13.8. The lowest BCUT2D eigenvalue weighted by Gasteiger charge is -2.10. The SMILES string of the molecule is Fc1cc2c(cc1Cl)nc(CCCl)n2-c1ccccc1I. The summed E-state index contributed by atoms with van der Waals surface area (Å²) >= 11 is 14.0. The number of imidazole rings is 1. The van der Waals surface area contributed by atoms with E-state index in [4.69, 9.17) is 23.2 Å². The first-order chi connectivity index (χ1) is 10.1. The second-order valence-electron chi connectivity index (χ2n) is 4.51. The zero-order valence-electron chi connectivity index (χ0n) is 10.8. The van der Waals surface area contributed by atoms with Gasteiger partial charge in [0.1, 0.15) is 11.6 Å². The van der Waals surface area contributed by atoms with E-state index in [1.54, 1.807) is 6.07 Å². The van der Waals surface area contributed by atoms with Crippen LogP contribution in [-0.4, -0.2) is 15.4 Å². The molecule has 0 radical (unpaired) electrons. The van der Waals surface area contributed by atoms with Crippen molar-refractivity contribution in [2.24, 2.45) is 0 Å². The lowest BCUT2D eigenvalue weighted by Crippen LogP contribution is -2.04. The smallest absolute Gasteiger partial charge is 0.144 e. The van der Waals surface area contributed by atoms with Crippen LogP contribution in [0.4, 0.5) is 4.39 Å². The van der Waals surface area contributed by atoms with E-state index < -0.39 is 5.82 Å². The predicted molar refractivity (Wildman–Crippen MR) is 93.2 cm³/mol. The number of nitrogens with zero attached hydrogens (tertiary/aromatic N) is 2. The number of aryl methyl sites for hydroxylation is 1. The fourth-order valence-corrected chi connectivity index (χ4v) is 3.23. The molecule has 1 aromatic heterocycles. The van der Waals surface area contributed by atoms with E-state index in [1.165, 1.54) is 6.07 Å². The number of aromatic nitrogens is 2. The van der Waals surface area contributed by atoms with E-state index in [-0.39, 0.29) is 5.02 Å². The lowest BCUT2D eigenvalue weighted by atomic mass is 10.2. The van der Waals surface area contributed by atoms with Crippen LogP contribution in [0.2, 0.25) is 5.02 Å². The van der Waals surface area contributed by atoms with E-state index in [0.29, 0.717) is 23.3 Å². The molecule has 0 aliphatic rings. The van der Waals surface area contributed by atoms with Gasteiger partial charge >= 0.3 is 0 Å². The monoisotopic (exact) mass is 434 g/mol. The van der Waals surface area contributed by atoms with Crippen molar-refractivity contribution in [3.8, 4) is 5.69 Å². The number of rotatable bonds is 3. The Morgan fingerprint density at radius 3 is 2.71 bits per heavy atom. The number of fused-ring (bicyclic) bond motifs is 1. The number of hydrogen-bond donors (Lipinski definition) is 0. The minimum Gasteiger partial charge on any atom is -0.295 e. The van der Waals surface area contributed by atoms with Crippen molar-refractivity contribution in [1.29, 1.82) is 0 Å². The number of benzene rings is 2. The first kappa shape index (κ1) is 15.1. The van der Waals surface area contributed by atoms with Crippen LogP contribution in [0.25, 0.3) is 16.7 Å². The molecule has 0 saturated carbocycles. The molecule has 3 rings (SSSR count). The van der Waals surface area contributed by atoms with Crippen molar-refractivity contribution in [3.63, 3.8) is 0 Å². The summed E-state index contributed by atoms with van der Waals surface area (Å²) in [5.41, 5.74) is 2.32. The van der Waals surface area contributed by atoms with Gasteiger partial charge in [0, 0.05) is 21.9 Å². The van der Waals surface area contributed by atoms with Crippen molar-refractivity contribution in [2.45, 2.75) is 6.42 Å². The normalized spacial score (nSPS) is 11.2. The summed E-state index contributed by atoms with van der Waals surface area (Å²) in [6.45, 7) is 0. The number of hydrogen-bond acceptors (Lipinski definition) is 1. The number of halogens is 4. The third kappa shape index (κ3) is 2.76. The summed E-state index contributed by atoms with van der Waals surface area (Å²) < 4.78 is 16.8.